The van der Waals surface area contributed by atoms with E-state index in [4.69, 9.17) is 14.9 Å². The molecule has 2 rings (SSSR count). The highest BCUT2D eigenvalue weighted by Gasteiger charge is 2.50. The number of methoxy groups -OCH3 is 1. The number of rotatable bonds is 8. The lowest BCUT2D eigenvalue weighted by atomic mass is 10.2. The van der Waals surface area contributed by atoms with Crippen LogP contribution in [0.5, 0.6) is 0 Å². The molecule has 0 spiro atoms. The summed E-state index contributed by atoms with van der Waals surface area (Å²) in [6.45, 7) is 7.11. The highest BCUT2D eigenvalue weighted by molar-refractivity contribution is 6.99. The van der Waals surface area contributed by atoms with Gasteiger partial charge in [-0.2, -0.15) is 0 Å². The van der Waals surface area contributed by atoms with E-state index in [0.717, 1.165) is 0 Å². The molecule has 4 nitrogen and oxygen atoms in total. The second-order valence-corrected chi connectivity index (χ2v) is 11.8. The van der Waals surface area contributed by atoms with E-state index >= 15 is 0 Å². The van der Waals surface area contributed by atoms with Crippen LogP contribution in [0, 0.1) is 5.92 Å². The Morgan fingerprint density at radius 1 is 0.962 bits per heavy atom. The van der Waals surface area contributed by atoms with Crippen molar-refractivity contribution in [2.45, 2.75) is 25.8 Å². The Bertz CT molecular complexity index is 659. The van der Waals surface area contributed by atoms with Gasteiger partial charge in [-0.3, -0.25) is 4.79 Å². The third-order valence-electron chi connectivity index (χ3n) is 4.69. The van der Waals surface area contributed by atoms with Crippen molar-refractivity contribution >= 4 is 24.6 Å². The molecule has 0 bridgehead atoms. The molecule has 0 heterocycles. The molecule has 0 aromatic heterocycles. The molecule has 2 aromatic rings. The minimum Gasteiger partial charge on any atom is -0.407 e. The van der Waals surface area contributed by atoms with Crippen molar-refractivity contribution in [1.82, 2.24) is 0 Å². The lowest BCUT2D eigenvalue weighted by Gasteiger charge is -2.43. The van der Waals surface area contributed by atoms with Gasteiger partial charge in [-0.15, -0.1) is 0 Å². The van der Waals surface area contributed by atoms with Crippen LogP contribution >= 0.6 is 0 Å². The Labute approximate surface area is 157 Å². The first-order valence-corrected chi connectivity index (χ1v) is 10.8. The van der Waals surface area contributed by atoms with Gasteiger partial charge in [0, 0.05) is 13.7 Å². The van der Waals surface area contributed by atoms with Crippen molar-refractivity contribution in [3.05, 3.63) is 60.7 Å². The first-order chi connectivity index (χ1) is 12.3. The summed E-state index contributed by atoms with van der Waals surface area (Å²) in [6, 6.07) is 20.7. The SMILES string of the molecule is COCC(CO[Si](c1ccccc1)(c1ccccc1)C(C)(C)C)C(N)=O. The standard InChI is InChI=1S/C21H29NO3Si/c1-21(2,3)26(18-11-7-5-8-12-18,19-13-9-6-10-14-19)25-16-17(15-24-4)20(22)23/h5-14,17H,15-16H2,1-4H3,(H2,22,23). The lowest BCUT2D eigenvalue weighted by molar-refractivity contribution is -0.124. The van der Waals surface area contributed by atoms with Crippen LogP contribution in [0.3, 0.4) is 0 Å². The molecule has 0 aliphatic carbocycles. The maximum atomic E-state index is 11.8. The number of amides is 1. The van der Waals surface area contributed by atoms with Crippen molar-refractivity contribution in [1.29, 1.82) is 0 Å². The molecule has 0 saturated heterocycles. The predicted molar refractivity (Wildman–Crippen MR) is 108 cm³/mol. The van der Waals surface area contributed by atoms with Crippen molar-refractivity contribution in [3.8, 4) is 0 Å². The molecule has 0 radical (unpaired) electrons. The number of hydrogen-bond acceptors (Lipinski definition) is 3. The Balaban J connectivity index is 2.55. The molecule has 2 N–H and O–H groups in total. The number of ether oxygens (including phenoxy) is 1. The van der Waals surface area contributed by atoms with Crippen LogP contribution in [0.1, 0.15) is 20.8 Å². The fourth-order valence-electron chi connectivity index (χ4n) is 3.40. The summed E-state index contributed by atoms with van der Waals surface area (Å²) < 4.78 is 11.9. The summed E-state index contributed by atoms with van der Waals surface area (Å²) >= 11 is 0. The fraction of sp³-hybridized carbons (Fsp3) is 0.381. The molecule has 1 unspecified atom stereocenters. The molecule has 1 atom stereocenters. The summed E-state index contributed by atoms with van der Waals surface area (Å²) in [6.07, 6.45) is 0. The maximum absolute atomic E-state index is 11.8. The first kappa shape index (κ1) is 20.4. The van der Waals surface area contributed by atoms with Crippen LogP contribution in [-0.2, 0) is 14.0 Å². The Kier molecular flexibility index (Phi) is 6.75. The summed E-state index contributed by atoms with van der Waals surface area (Å²) in [7, 11) is -1.08. The monoisotopic (exact) mass is 371 g/mol. The maximum Gasteiger partial charge on any atom is 0.261 e. The number of carbonyl (C=O) groups excluding carboxylic acids is 1. The Morgan fingerprint density at radius 3 is 1.77 bits per heavy atom. The van der Waals surface area contributed by atoms with Crippen LogP contribution in [0.15, 0.2) is 60.7 Å². The van der Waals surface area contributed by atoms with Crippen LogP contribution in [-0.4, -0.2) is 34.5 Å². The van der Waals surface area contributed by atoms with Crippen molar-refractivity contribution in [2.75, 3.05) is 20.3 Å². The van der Waals surface area contributed by atoms with Gasteiger partial charge in [0.15, 0.2) is 0 Å². The highest BCUT2D eigenvalue weighted by atomic mass is 28.4. The highest BCUT2D eigenvalue weighted by Crippen LogP contribution is 2.37. The zero-order valence-corrected chi connectivity index (χ0v) is 17.1. The minimum atomic E-state index is -2.65. The number of nitrogens with two attached hydrogens (primary N) is 1. The molecule has 26 heavy (non-hydrogen) atoms. The average molecular weight is 372 g/mol. The quantitative estimate of drug-likeness (QED) is 0.725. The molecule has 0 saturated carbocycles. The van der Waals surface area contributed by atoms with Crippen molar-refractivity contribution < 1.29 is 14.0 Å². The van der Waals surface area contributed by atoms with Gasteiger partial charge >= 0.3 is 0 Å². The third-order valence-corrected chi connectivity index (χ3v) is 9.69. The number of hydrogen-bond donors (Lipinski definition) is 1. The molecule has 5 heteroatoms. The summed E-state index contributed by atoms with van der Waals surface area (Å²) in [5.74, 6) is -0.869. The van der Waals surface area contributed by atoms with Crippen LogP contribution in [0.2, 0.25) is 5.04 Å². The Hall–Kier alpha value is -1.95. The molecular weight excluding hydrogens is 342 g/mol. The van der Waals surface area contributed by atoms with Gasteiger partial charge in [0.1, 0.15) is 0 Å². The van der Waals surface area contributed by atoms with Gasteiger partial charge in [-0.1, -0.05) is 81.4 Å². The predicted octanol–water partition coefficient (Wildman–Crippen LogP) is 2.31. The van der Waals surface area contributed by atoms with Crippen LogP contribution in [0.4, 0.5) is 0 Å². The number of benzene rings is 2. The van der Waals surface area contributed by atoms with E-state index in [1.165, 1.54) is 10.4 Å². The Morgan fingerprint density at radius 2 is 1.42 bits per heavy atom. The summed E-state index contributed by atoms with van der Waals surface area (Å²) in [4.78, 5) is 11.8. The first-order valence-electron chi connectivity index (χ1n) is 8.86. The van der Waals surface area contributed by atoms with Crippen molar-refractivity contribution in [2.24, 2.45) is 11.7 Å². The second kappa shape index (κ2) is 8.62. The van der Waals surface area contributed by atoms with E-state index in [9.17, 15) is 4.79 Å². The van der Waals surface area contributed by atoms with Gasteiger partial charge in [0.25, 0.3) is 8.32 Å². The van der Waals surface area contributed by atoms with E-state index in [2.05, 4.69) is 45.0 Å². The van der Waals surface area contributed by atoms with E-state index in [1.54, 1.807) is 7.11 Å². The van der Waals surface area contributed by atoms with Crippen molar-refractivity contribution in [3.63, 3.8) is 0 Å². The van der Waals surface area contributed by atoms with Gasteiger partial charge in [-0.25, -0.2) is 0 Å². The molecule has 1 amide bonds. The van der Waals surface area contributed by atoms with E-state index in [-0.39, 0.29) is 18.3 Å². The largest absolute Gasteiger partial charge is 0.407 e. The molecule has 0 aliphatic heterocycles. The lowest BCUT2D eigenvalue weighted by Crippen LogP contribution is -2.67. The zero-order chi connectivity index (χ0) is 19.2. The molecule has 0 aliphatic rings. The number of carbonyl (C=O) groups is 1. The van der Waals surface area contributed by atoms with E-state index < -0.39 is 20.1 Å². The number of primary amides is 1. The zero-order valence-electron chi connectivity index (χ0n) is 16.1. The molecule has 140 valence electrons. The van der Waals surface area contributed by atoms with Gasteiger partial charge in [-0.05, 0) is 15.4 Å². The smallest absolute Gasteiger partial charge is 0.261 e. The molecule has 0 fully saturated rings. The normalized spacial score (nSPS) is 13.4. The third kappa shape index (κ3) is 4.23. The van der Waals surface area contributed by atoms with Gasteiger partial charge in [0.05, 0.1) is 12.5 Å². The minimum absolute atomic E-state index is 0.134. The van der Waals surface area contributed by atoms with E-state index in [1.807, 2.05) is 36.4 Å². The second-order valence-electron chi connectivity index (χ2n) is 7.53. The molecule has 2 aromatic carbocycles. The summed E-state index contributed by atoms with van der Waals surface area (Å²) in [5.41, 5.74) is 5.56. The topological polar surface area (TPSA) is 61.6 Å². The summed E-state index contributed by atoms with van der Waals surface area (Å²) in [5, 5.41) is 2.23. The van der Waals surface area contributed by atoms with E-state index in [0.29, 0.717) is 0 Å². The average Bonchev–Trinajstić information content (AvgIpc) is 2.61. The van der Waals surface area contributed by atoms with Gasteiger partial charge in [0.2, 0.25) is 5.91 Å². The molecular formula is C21H29NO3Si. The van der Waals surface area contributed by atoms with Crippen LogP contribution in [0.25, 0.3) is 0 Å². The van der Waals surface area contributed by atoms with Crippen LogP contribution < -0.4 is 16.1 Å². The van der Waals surface area contributed by atoms with Gasteiger partial charge < -0.3 is 14.9 Å². The fourth-order valence-corrected chi connectivity index (χ4v) is 8.01.